The van der Waals surface area contributed by atoms with E-state index in [2.05, 4.69) is 30.7 Å². The van der Waals surface area contributed by atoms with Crippen LogP contribution in [0, 0.1) is 0 Å². The van der Waals surface area contributed by atoms with Crippen molar-refractivity contribution in [3.8, 4) is 0 Å². The van der Waals surface area contributed by atoms with Crippen LogP contribution in [0.15, 0.2) is 17.5 Å². The van der Waals surface area contributed by atoms with E-state index in [1.165, 1.54) is 9.96 Å². The summed E-state index contributed by atoms with van der Waals surface area (Å²) in [5.41, 5.74) is 0. The SMILES string of the molecule is CSCSC(C)c1cccs1. The first-order valence-corrected chi connectivity index (χ1v) is 6.80. The molecule has 1 rings (SSSR count). The van der Waals surface area contributed by atoms with E-state index in [0.717, 1.165) is 0 Å². The largest absolute Gasteiger partial charge is 0.154 e. The minimum Gasteiger partial charge on any atom is -0.154 e. The Morgan fingerprint density at radius 1 is 1.64 bits per heavy atom. The highest BCUT2D eigenvalue weighted by Gasteiger charge is 2.04. The number of thiophene rings is 1. The molecule has 0 aliphatic carbocycles. The maximum absolute atomic E-state index is 2.27. The van der Waals surface area contributed by atoms with Crippen molar-refractivity contribution >= 4 is 34.9 Å². The molecule has 0 amide bonds. The predicted molar refractivity (Wildman–Crippen MR) is 58.7 cm³/mol. The Labute approximate surface area is 80.8 Å². The van der Waals surface area contributed by atoms with Gasteiger partial charge in [-0.2, -0.15) is 11.8 Å². The van der Waals surface area contributed by atoms with Gasteiger partial charge in [0.15, 0.2) is 0 Å². The highest BCUT2D eigenvalue weighted by molar-refractivity contribution is 8.15. The van der Waals surface area contributed by atoms with Crippen molar-refractivity contribution in [3.63, 3.8) is 0 Å². The van der Waals surface area contributed by atoms with E-state index in [-0.39, 0.29) is 0 Å². The van der Waals surface area contributed by atoms with Crippen molar-refractivity contribution in [2.45, 2.75) is 12.2 Å². The lowest BCUT2D eigenvalue weighted by Gasteiger charge is -2.06. The molecule has 0 saturated carbocycles. The maximum Gasteiger partial charge on any atom is 0.0395 e. The van der Waals surface area contributed by atoms with Crippen molar-refractivity contribution in [3.05, 3.63) is 22.4 Å². The molecule has 0 bridgehead atoms. The molecule has 1 atom stereocenters. The molecule has 0 saturated heterocycles. The van der Waals surface area contributed by atoms with Gasteiger partial charge in [0.1, 0.15) is 0 Å². The average Bonchev–Trinajstić information content (AvgIpc) is 2.52. The van der Waals surface area contributed by atoms with Crippen LogP contribution in [-0.2, 0) is 0 Å². The molecule has 0 aromatic carbocycles. The fourth-order valence-electron chi connectivity index (χ4n) is 0.775. The fourth-order valence-corrected chi connectivity index (χ4v) is 3.41. The van der Waals surface area contributed by atoms with Gasteiger partial charge in [-0.25, -0.2) is 0 Å². The highest BCUT2D eigenvalue weighted by Crippen LogP contribution is 2.32. The summed E-state index contributed by atoms with van der Waals surface area (Å²) < 4.78 is 0. The smallest absolute Gasteiger partial charge is 0.0395 e. The minimum absolute atomic E-state index is 0.669. The average molecular weight is 204 g/mol. The molecule has 0 nitrogen and oxygen atoms in total. The molecule has 1 heterocycles. The van der Waals surface area contributed by atoms with Crippen LogP contribution in [0.5, 0.6) is 0 Å². The van der Waals surface area contributed by atoms with Crippen LogP contribution in [0.25, 0.3) is 0 Å². The summed E-state index contributed by atoms with van der Waals surface area (Å²) in [7, 11) is 0. The van der Waals surface area contributed by atoms with Crippen LogP contribution >= 0.6 is 34.9 Å². The molecule has 0 fully saturated rings. The molecule has 3 heteroatoms. The second kappa shape index (κ2) is 5.12. The molecule has 1 aromatic heterocycles. The third kappa shape index (κ3) is 3.09. The van der Waals surface area contributed by atoms with E-state index in [9.17, 15) is 0 Å². The van der Waals surface area contributed by atoms with Crippen molar-refractivity contribution in [1.29, 1.82) is 0 Å². The molecule has 0 aliphatic rings. The summed E-state index contributed by atoms with van der Waals surface area (Å²) >= 11 is 5.75. The standard InChI is InChI=1S/C8H12S3/c1-7(11-6-9-2)8-4-3-5-10-8/h3-5,7H,6H2,1-2H3. The Balaban J connectivity index is 2.36. The zero-order valence-corrected chi connectivity index (χ0v) is 9.19. The quantitative estimate of drug-likeness (QED) is 0.683. The first-order valence-electron chi connectivity index (χ1n) is 3.48. The van der Waals surface area contributed by atoms with E-state index in [1.807, 2.05) is 34.9 Å². The van der Waals surface area contributed by atoms with Crippen LogP contribution < -0.4 is 0 Å². The van der Waals surface area contributed by atoms with Gasteiger partial charge in [-0.1, -0.05) is 6.07 Å². The highest BCUT2D eigenvalue weighted by atomic mass is 32.2. The fraction of sp³-hybridized carbons (Fsp3) is 0.500. The molecule has 0 aliphatic heterocycles. The van der Waals surface area contributed by atoms with Gasteiger partial charge in [0.2, 0.25) is 0 Å². The molecule has 0 radical (unpaired) electrons. The van der Waals surface area contributed by atoms with Crippen LogP contribution in [-0.4, -0.2) is 11.3 Å². The van der Waals surface area contributed by atoms with Crippen LogP contribution in [0.4, 0.5) is 0 Å². The van der Waals surface area contributed by atoms with Crippen LogP contribution in [0.1, 0.15) is 17.1 Å². The Morgan fingerprint density at radius 3 is 3.00 bits per heavy atom. The normalized spacial score (nSPS) is 13.3. The van der Waals surface area contributed by atoms with E-state index in [1.54, 1.807) is 0 Å². The minimum atomic E-state index is 0.669. The van der Waals surface area contributed by atoms with Gasteiger partial charge in [-0.05, 0) is 24.6 Å². The van der Waals surface area contributed by atoms with Gasteiger partial charge in [-0.15, -0.1) is 23.1 Å². The zero-order valence-electron chi connectivity index (χ0n) is 6.74. The topological polar surface area (TPSA) is 0 Å². The van der Waals surface area contributed by atoms with Gasteiger partial charge < -0.3 is 0 Å². The van der Waals surface area contributed by atoms with Gasteiger partial charge >= 0.3 is 0 Å². The first-order chi connectivity index (χ1) is 5.34. The zero-order chi connectivity index (χ0) is 8.10. The van der Waals surface area contributed by atoms with E-state index >= 15 is 0 Å². The second-order valence-electron chi connectivity index (χ2n) is 2.23. The number of hydrogen-bond donors (Lipinski definition) is 0. The van der Waals surface area contributed by atoms with Gasteiger partial charge in [0.05, 0.1) is 0 Å². The van der Waals surface area contributed by atoms with Crippen molar-refractivity contribution in [2.75, 3.05) is 11.3 Å². The van der Waals surface area contributed by atoms with Gasteiger partial charge in [0, 0.05) is 15.2 Å². The predicted octanol–water partition coefficient (Wildman–Crippen LogP) is 3.86. The third-order valence-corrected chi connectivity index (χ3v) is 4.83. The molecule has 11 heavy (non-hydrogen) atoms. The summed E-state index contributed by atoms with van der Waals surface area (Å²) in [5, 5.41) is 4.01. The molecule has 0 spiro atoms. The molecule has 1 aromatic rings. The summed E-state index contributed by atoms with van der Waals surface area (Å²) in [6.07, 6.45) is 2.15. The van der Waals surface area contributed by atoms with Crippen LogP contribution in [0.2, 0.25) is 0 Å². The number of thioether (sulfide) groups is 2. The Kier molecular flexibility index (Phi) is 4.41. The van der Waals surface area contributed by atoms with Gasteiger partial charge in [0.25, 0.3) is 0 Å². The monoisotopic (exact) mass is 204 g/mol. The van der Waals surface area contributed by atoms with E-state index in [4.69, 9.17) is 0 Å². The van der Waals surface area contributed by atoms with E-state index < -0.39 is 0 Å². The lowest BCUT2D eigenvalue weighted by molar-refractivity contribution is 1.14. The summed E-state index contributed by atoms with van der Waals surface area (Å²) in [6.45, 7) is 2.27. The number of hydrogen-bond acceptors (Lipinski definition) is 3. The Morgan fingerprint density at radius 2 is 2.45 bits per heavy atom. The summed E-state index contributed by atoms with van der Waals surface area (Å²) in [4.78, 5) is 1.49. The van der Waals surface area contributed by atoms with Crippen molar-refractivity contribution in [1.82, 2.24) is 0 Å². The lowest BCUT2D eigenvalue weighted by Crippen LogP contribution is -1.82. The second-order valence-corrected chi connectivity index (χ2v) is 5.77. The first kappa shape index (κ1) is 9.49. The molecule has 0 N–H and O–H groups in total. The van der Waals surface area contributed by atoms with E-state index in [0.29, 0.717) is 5.25 Å². The molecular formula is C8H12S3. The summed E-state index contributed by atoms with van der Waals surface area (Å²) in [6, 6.07) is 4.33. The van der Waals surface area contributed by atoms with Crippen molar-refractivity contribution in [2.24, 2.45) is 0 Å². The molecule has 62 valence electrons. The summed E-state index contributed by atoms with van der Waals surface area (Å²) in [5.74, 6) is 0. The van der Waals surface area contributed by atoms with Gasteiger partial charge in [-0.3, -0.25) is 0 Å². The Hall–Kier alpha value is 0.400. The lowest BCUT2D eigenvalue weighted by atomic mass is 10.4. The molecule has 1 unspecified atom stereocenters. The van der Waals surface area contributed by atoms with Crippen LogP contribution in [0.3, 0.4) is 0 Å². The maximum atomic E-state index is 2.27. The third-order valence-electron chi connectivity index (χ3n) is 1.38. The Bertz CT molecular complexity index is 181. The number of rotatable bonds is 4. The van der Waals surface area contributed by atoms with Crippen molar-refractivity contribution < 1.29 is 0 Å². The molecular weight excluding hydrogens is 192 g/mol.